The Labute approximate surface area is 106 Å². The fraction of sp³-hybridized carbons (Fsp3) is 0.583. The smallest absolute Gasteiger partial charge is 0.323 e. The maximum absolute atomic E-state index is 11.5. The zero-order valence-corrected chi connectivity index (χ0v) is 11.0. The second-order valence-corrected chi connectivity index (χ2v) is 4.47. The third-order valence-electron chi connectivity index (χ3n) is 2.46. The number of rotatable bonds is 7. The molecule has 17 heavy (non-hydrogen) atoms. The van der Waals surface area contributed by atoms with E-state index in [1.165, 1.54) is 0 Å². The van der Waals surface area contributed by atoms with Gasteiger partial charge in [0.2, 0.25) is 0 Å². The molecule has 1 heterocycles. The van der Waals surface area contributed by atoms with E-state index < -0.39 is 6.10 Å². The van der Waals surface area contributed by atoms with Crippen molar-refractivity contribution in [3.05, 3.63) is 22.4 Å². The summed E-state index contributed by atoms with van der Waals surface area (Å²) < 4.78 is 4.94. The third-order valence-corrected chi connectivity index (χ3v) is 3.17. The van der Waals surface area contributed by atoms with Gasteiger partial charge in [0.05, 0.1) is 12.7 Å². The van der Waals surface area contributed by atoms with Crippen molar-refractivity contribution >= 4 is 17.3 Å². The zero-order valence-electron chi connectivity index (χ0n) is 10.2. The highest BCUT2D eigenvalue weighted by atomic mass is 32.1. The molecule has 1 aromatic rings. The van der Waals surface area contributed by atoms with Gasteiger partial charge in [-0.1, -0.05) is 6.92 Å². The van der Waals surface area contributed by atoms with Gasteiger partial charge in [-0.05, 0) is 35.7 Å². The number of hydrogen-bond donors (Lipinski definition) is 2. The van der Waals surface area contributed by atoms with Crippen molar-refractivity contribution in [1.29, 1.82) is 0 Å². The number of thiophene rings is 1. The minimum absolute atomic E-state index is 0.257. The lowest BCUT2D eigenvalue weighted by atomic mass is 10.1. The first kappa shape index (κ1) is 14.2. The molecular weight excluding hydrogens is 238 g/mol. The van der Waals surface area contributed by atoms with Crippen LogP contribution in [0.15, 0.2) is 16.8 Å². The Morgan fingerprint density at radius 1 is 1.59 bits per heavy atom. The fourth-order valence-corrected chi connectivity index (χ4v) is 2.18. The molecule has 0 aliphatic carbocycles. The molecule has 0 saturated carbocycles. The second-order valence-electron chi connectivity index (χ2n) is 3.69. The van der Waals surface area contributed by atoms with E-state index in [0.29, 0.717) is 19.6 Å². The predicted molar refractivity (Wildman–Crippen MR) is 68.0 cm³/mol. The molecule has 5 heteroatoms. The van der Waals surface area contributed by atoms with Crippen molar-refractivity contribution in [3.63, 3.8) is 0 Å². The summed E-state index contributed by atoms with van der Waals surface area (Å²) >= 11 is 1.54. The summed E-state index contributed by atoms with van der Waals surface area (Å²) in [5, 5.41) is 16.7. The largest absolute Gasteiger partial charge is 0.465 e. The summed E-state index contributed by atoms with van der Waals surface area (Å²) in [5.74, 6) is -0.257. The van der Waals surface area contributed by atoms with Gasteiger partial charge in [0.25, 0.3) is 0 Å². The molecule has 0 aromatic carbocycles. The van der Waals surface area contributed by atoms with Gasteiger partial charge in [0, 0.05) is 6.54 Å². The molecular formula is C12H19NO3S. The molecule has 0 aliphatic heterocycles. The highest BCUT2D eigenvalue weighted by molar-refractivity contribution is 7.07. The molecule has 0 amide bonds. The Morgan fingerprint density at radius 3 is 2.88 bits per heavy atom. The van der Waals surface area contributed by atoms with Gasteiger partial charge < -0.3 is 15.2 Å². The van der Waals surface area contributed by atoms with E-state index in [4.69, 9.17) is 4.74 Å². The van der Waals surface area contributed by atoms with Gasteiger partial charge in [-0.25, -0.2) is 0 Å². The number of aliphatic hydroxyl groups is 1. The lowest BCUT2D eigenvalue weighted by molar-refractivity contribution is -0.145. The lowest BCUT2D eigenvalue weighted by Gasteiger charge is -2.17. The minimum atomic E-state index is -0.579. The Morgan fingerprint density at radius 2 is 2.35 bits per heavy atom. The molecule has 1 rings (SSSR count). The summed E-state index contributed by atoms with van der Waals surface area (Å²) in [6, 6.07) is 1.53. The van der Waals surface area contributed by atoms with Gasteiger partial charge in [0.1, 0.15) is 6.04 Å². The number of hydrogen-bond acceptors (Lipinski definition) is 5. The molecule has 0 aliphatic rings. The van der Waals surface area contributed by atoms with Crippen LogP contribution in [-0.2, 0) is 9.53 Å². The van der Waals surface area contributed by atoms with Gasteiger partial charge >= 0.3 is 5.97 Å². The fourth-order valence-electron chi connectivity index (χ4n) is 1.47. The number of aliphatic hydroxyl groups excluding tert-OH is 1. The zero-order chi connectivity index (χ0) is 12.7. The standard InChI is InChI=1S/C12H19NO3S/c1-3-10(12(15)16-4-2)13-7-11(14)9-5-6-17-8-9/h5-6,8,10-11,13-14H,3-4,7H2,1-2H3. The SMILES string of the molecule is CCOC(=O)C(CC)NCC(O)c1ccsc1. The monoisotopic (exact) mass is 257 g/mol. The molecule has 0 bridgehead atoms. The van der Waals surface area contributed by atoms with E-state index in [1.54, 1.807) is 18.3 Å². The Kier molecular flexibility index (Phi) is 6.18. The minimum Gasteiger partial charge on any atom is -0.465 e. The Bertz CT molecular complexity index is 327. The molecule has 0 spiro atoms. The van der Waals surface area contributed by atoms with Crippen molar-refractivity contribution in [1.82, 2.24) is 5.32 Å². The van der Waals surface area contributed by atoms with Crippen LogP contribution in [-0.4, -0.2) is 30.3 Å². The topological polar surface area (TPSA) is 58.6 Å². The van der Waals surface area contributed by atoms with Crippen molar-refractivity contribution in [2.24, 2.45) is 0 Å². The van der Waals surface area contributed by atoms with Gasteiger partial charge in [-0.3, -0.25) is 4.79 Å². The number of carbonyl (C=O) groups is 1. The van der Waals surface area contributed by atoms with E-state index in [1.807, 2.05) is 23.8 Å². The van der Waals surface area contributed by atoms with Crippen LogP contribution >= 0.6 is 11.3 Å². The summed E-state index contributed by atoms with van der Waals surface area (Å²) in [7, 11) is 0. The van der Waals surface area contributed by atoms with Crippen LogP contribution in [0.2, 0.25) is 0 Å². The third kappa shape index (κ3) is 4.46. The van der Waals surface area contributed by atoms with E-state index in [2.05, 4.69) is 5.32 Å². The first-order valence-electron chi connectivity index (χ1n) is 5.79. The Hall–Kier alpha value is -0.910. The number of esters is 1. The van der Waals surface area contributed by atoms with E-state index in [-0.39, 0.29) is 12.0 Å². The van der Waals surface area contributed by atoms with E-state index in [0.717, 1.165) is 5.56 Å². The molecule has 1 aromatic heterocycles. The van der Waals surface area contributed by atoms with E-state index in [9.17, 15) is 9.90 Å². The summed E-state index contributed by atoms with van der Waals surface area (Å²) in [5.41, 5.74) is 0.876. The van der Waals surface area contributed by atoms with Crippen molar-refractivity contribution in [2.45, 2.75) is 32.4 Å². The van der Waals surface area contributed by atoms with Crippen LogP contribution in [0, 0.1) is 0 Å². The van der Waals surface area contributed by atoms with E-state index >= 15 is 0 Å². The van der Waals surface area contributed by atoms with Gasteiger partial charge in [-0.2, -0.15) is 11.3 Å². The molecule has 2 N–H and O–H groups in total. The molecule has 2 atom stereocenters. The highest BCUT2D eigenvalue weighted by Gasteiger charge is 2.18. The highest BCUT2D eigenvalue weighted by Crippen LogP contribution is 2.15. The number of carbonyl (C=O) groups excluding carboxylic acids is 1. The van der Waals surface area contributed by atoms with Crippen LogP contribution in [0.4, 0.5) is 0 Å². The van der Waals surface area contributed by atoms with Crippen LogP contribution < -0.4 is 5.32 Å². The maximum atomic E-state index is 11.5. The van der Waals surface area contributed by atoms with Crippen LogP contribution in [0.1, 0.15) is 31.9 Å². The van der Waals surface area contributed by atoms with Crippen molar-refractivity contribution in [3.8, 4) is 0 Å². The first-order valence-corrected chi connectivity index (χ1v) is 6.73. The summed E-state index contributed by atoms with van der Waals surface area (Å²) in [4.78, 5) is 11.5. The van der Waals surface area contributed by atoms with Crippen LogP contribution in [0.5, 0.6) is 0 Å². The van der Waals surface area contributed by atoms with Crippen molar-refractivity contribution in [2.75, 3.05) is 13.2 Å². The summed E-state index contributed by atoms with van der Waals surface area (Å²) in [6.45, 7) is 4.43. The molecule has 0 radical (unpaired) electrons. The maximum Gasteiger partial charge on any atom is 0.323 e. The van der Waals surface area contributed by atoms with Gasteiger partial charge in [0.15, 0.2) is 0 Å². The summed E-state index contributed by atoms with van der Waals surface area (Å²) in [6.07, 6.45) is 0.0690. The quantitative estimate of drug-likeness (QED) is 0.730. The molecule has 2 unspecified atom stereocenters. The Balaban J connectivity index is 2.39. The van der Waals surface area contributed by atoms with Gasteiger partial charge in [-0.15, -0.1) is 0 Å². The lowest BCUT2D eigenvalue weighted by Crippen LogP contribution is -2.39. The second kappa shape index (κ2) is 7.42. The number of ether oxygens (including phenoxy) is 1. The molecule has 0 fully saturated rings. The van der Waals surface area contributed by atoms with Crippen LogP contribution in [0.25, 0.3) is 0 Å². The molecule has 4 nitrogen and oxygen atoms in total. The molecule has 96 valence electrons. The average Bonchev–Trinajstić information content (AvgIpc) is 2.83. The predicted octanol–water partition coefficient (Wildman–Crippen LogP) is 1.71. The first-order chi connectivity index (χ1) is 8.19. The number of nitrogens with one attached hydrogen (secondary N) is 1. The van der Waals surface area contributed by atoms with Crippen molar-refractivity contribution < 1.29 is 14.6 Å². The molecule has 0 saturated heterocycles. The normalized spacial score (nSPS) is 14.3. The van der Waals surface area contributed by atoms with Crippen LogP contribution in [0.3, 0.4) is 0 Å². The average molecular weight is 257 g/mol.